The third-order valence-electron chi connectivity index (χ3n) is 3.65. The van der Waals surface area contributed by atoms with Crippen LogP contribution < -0.4 is 16.4 Å². The second-order valence-electron chi connectivity index (χ2n) is 5.03. The number of nitrogens with two attached hydrogens (primary N) is 1. The molecule has 5 nitrogen and oxygen atoms in total. The van der Waals surface area contributed by atoms with Gasteiger partial charge in [-0.2, -0.15) is 0 Å². The Kier molecular flexibility index (Phi) is 3.85. The molecule has 4 N–H and O–H groups in total. The Bertz CT molecular complexity index is 469. The van der Waals surface area contributed by atoms with Crippen molar-refractivity contribution in [2.45, 2.75) is 18.9 Å². The van der Waals surface area contributed by atoms with Crippen LogP contribution in [0, 0.1) is 5.92 Å². The van der Waals surface area contributed by atoms with Gasteiger partial charge in [-0.25, -0.2) is 0 Å². The molecular formula is C14H19N3O2. The first-order valence-electron chi connectivity index (χ1n) is 6.42. The maximum absolute atomic E-state index is 12.2. The van der Waals surface area contributed by atoms with Gasteiger partial charge in [-0.05, 0) is 25.5 Å². The van der Waals surface area contributed by atoms with Gasteiger partial charge < -0.3 is 16.4 Å². The molecule has 0 bridgehead atoms. The van der Waals surface area contributed by atoms with Gasteiger partial charge >= 0.3 is 0 Å². The van der Waals surface area contributed by atoms with E-state index < -0.39 is 11.4 Å². The molecule has 1 saturated heterocycles. The number of carbonyl (C=O) groups is 2. The summed E-state index contributed by atoms with van der Waals surface area (Å²) in [5.74, 6) is -0.782. The SMILES string of the molecule is CC(NC(=O)C1CCNC1)(C(N)=O)c1ccccc1. The van der Waals surface area contributed by atoms with E-state index in [-0.39, 0.29) is 11.8 Å². The highest BCUT2D eigenvalue weighted by Gasteiger charge is 2.37. The van der Waals surface area contributed by atoms with Gasteiger partial charge in [0.05, 0.1) is 5.92 Å². The highest BCUT2D eigenvalue weighted by molar-refractivity contribution is 5.92. The second kappa shape index (κ2) is 5.40. The van der Waals surface area contributed by atoms with Crippen molar-refractivity contribution in [3.8, 4) is 0 Å². The summed E-state index contributed by atoms with van der Waals surface area (Å²) < 4.78 is 0. The maximum atomic E-state index is 12.2. The minimum absolute atomic E-state index is 0.0950. The number of carbonyl (C=O) groups excluding carboxylic acids is 2. The molecule has 1 heterocycles. The lowest BCUT2D eigenvalue weighted by atomic mass is 9.90. The molecule has 1 fully saturated rings. The zero-order chi connectivity index (χ0) is 13.9. The van der Waals surface area contributed by atoms with Crippen molar-refractivity contribution in [2.24, 2.45) is 11.7 Å². The Morgan fingerprint density at radius 1 is 1.37 bits per heavy atom. The van der Waals surface area contributed by atoms with E-state index in [4.69, 9.17) is 5.73 Å². The molecule has 0 radical (unpaired) electrons. The number of primary amides is 1. The maximum Gasteiger partial charge on any atom is 0.247 e. The first-order chi connectivity index (χ1) is 9.04. The lowest BCUT2D eigenvalue weighted by Gasteiger charge is -2.29. The molecule has 2 unspecified atom stereocenters. The van der Waals surface area contributed by atoms with Crippen molar-refractivity contribution in [3.63, 3.8) is 0 Å². The Morgan fingerprint density at radius 3 is 2.58 bits per heavy atom. The minimum atomic E-state index is -1.17. The molecule has 1 aliphatic heterocycles. The Hall–Kier alpha value is -1.88. The molecule has 2 atom stereocenters. The van der Waals surface area contributed by atoms with E-state index in [0.29, 0.717) is 12.1 Å². The number of rotatable bonds is 4. The van der Waals surface area contributed by atoms with Gasteiger partial charge in [-0.1, -0.05) is 30.3 Å². The molecule has 2 amide bonds. The van der Waals surface area contributed by atoms with Crippen LogP contribution in [-0.2, 0) is 15.1 Å². The number of benzene rings is 1. The number of hydrogen-bond acceptors (Lipinski definition) is 3. The highest BCUT2D eigenvalue weighted by atomic mass is 16.2. The van der Waals surface area contributed by atoms with Crippen LogP contribution >= 0.6 is 0 Å². The van der Waals surface area contributed by atoms with Gasteiger partial charge in [0.1, 0.15) is 5.54 Å². The summed E-state index contributed by atoms with van der Waals surface area (Å²) >= 11 is 0. The Labute approximate surface area is 112 Å². The third kappa shape index (κ3) is 2.76. The Balaban J connectivity index is 2.20. The van der Waals surface area contributed by atoms with E-state index in [0.717, 1.165) is 13.0 Å². The van der Waals surface area contributed by atoms with Crippen LogP contribution in [0.1, 0.15) is 18.9 Å². The molecule has 1 aromatic rings. The summed E-state index contributed by atoms with van der Waals surface area (Å²) in [7, 11) is 0. The molecule has 0 spiro atoms. The van der Waals surface area contributed by atoms with Gasteiger partial charge in [-0.15, -0.1) is 0 Å². The van der Waals surface area contributed by atoms with E-state index in [1.165, 1.54) is 0 Å². The molecule has 0 aliphatic carbocycles. The summed E-state index contributed by atoms with van der Waals surface area (Å²) in [4.78, 5) is 23.9. The lowest BCUT2D eigenvalue weighted by Crippen LogP contribution is -2.54. The molecule has 5 heteroatoms. The summed E-state index contributed by atoms with van der Waals surface area (Å²) in [6.45, 7) is 3.12. The minimum Gasteiger partial charge on any atom is -0.367 e. The predicted molar refractivity (Wildman–Crippen MR) is 72.1 cm³/mol. The van der Waals surface area contributed by atoms with Gasteiger partial charge in [0, 0.05) is 6.54 Å². The quantitative estimate of drug-likeness (QED) is 0.719. The van der Waals surface area contributed by atoms with Crippen molar-refractivity contribution in [1.29, 1.82) is 0 Å². The number of nitrogens with one attached hydrogen (secondary N) is 2. The number of amides is 2. The average molecular weight is 261 g/mol. The highest BCUT2D eigenvalue weighted by Crippen LogP contribution is 2.21. The smallest absolute Gasteiger partial charge is 0.247 e. The first-order valence-corrected chi connectivity index (χ1v) is 6.42. The monoisotopic (exact) mass is 261 g/mol. The zero-order valence-corrected chi connectivity index (χ0v) is 11.0. The normalized spacial score (nSPS) is 21.6. The average Bonchev–Trinajstić information content (AvgIpc) is 2.93. The van der Waals surface area contributed by atoms with Crippen LogP contribution in [0.25, 0.3) is 0 Å². The summed E-state index contributed by atoms with van der Waals surface area (Å²) in [6.07, 6.45) is 0.787. The van der Waals surface area contributed by atoms with Crippen molar-refractivity contribution in [3.05, 3.63) is 35.9 Å². The fraction of sp³-hybridized carbons (Fsp3) is 0.429. The molecule has 2 rings (SSSR count). The third-order valence-corrected chi connectivity index (χ3v) is 3.65. The predicted octanol–water partition coefficient (Wildman–Crippen LogP) is 0.113. The largest absolute Gasteiger partial charge is 0.367 e. The molecule has 0 aromatic heterocycles. The fourth-order valence-corrected chi connectivity index (χ4v) is 2.27. The first kappa shape index (κ1) is 13.5. The van der Waals surface area contributed by atoms with Crippen LogP contribution in [0.4, 0.5) is 0 Å². The topological polar surface area (TPSA) is 84.2 Å². The van der Waals surface area contributed by atoms with E-state index >= 15 is 0 Å². The molecule has 0 saturated carbocycles. The summed E-state index contributed by atoms with van der Waals surface area (Å²) in [5.41, 5.74) is 5.01. The van der Waals surface area contributed by atoms with E-state index in [1.807, 2.05) is 18.2 Å². The molecule has 102 valence electrons. The van der Waals surface area contributed by atoms with Crippen LogP contribution in [0.2, 0.25) is 0 Å². The van der Waals surface area contributed by atoms with Crippen molar-refractivity contribution >= 4 is 11.8 Å². The van der Waals surface area contributed by atoms with E-state index in [9.17, 15) is 9.59 Å². The summed E-state index contributed by atoms with van der Waals surface area (Å²) in [6, 6.07) is 9.07. The zero-order valence-electron chi connectivity index (χ0n) is 11.0. The van der Waals surface area contributed by atoms with Crippen LogP contribution in [0.3, 0.4) is 0 Å². The van der Waals surface area contributed by atoms with Crippen LogP contribution in [0.15, 0.2) is 30.3 Å². The standard InChI is InChI=1S/C14H19N3O2/c1-14(13(15)19,11-5-3-2-4-6-11)17-12(18)10-7-8-16-9-10/h2-6,10,16H,7-9H2,1H3,(H2,15,19)(H,17,18). The van der Waals surface area contributed by atoms with Gasteiger partial charge in [0.25, 0.3) is 0 Å². The second-order valence-corrected chi connectivity index (χ2v) is 5.03. The van der Waals surface area contributed by atoms with Crippen molar-refractivity contribution < 1.29 is 9.59 Å². The van der Waals surface area contributed by atoms with E-state index in [2.05, 4.69) is 10.6 Å². The van der Waals surface area contributed by atoms with Gasteiger partial charge in [0.2, 0.25) is 11.8 Å². The van der Waals surface area contributed by atoms with Crippen LogP contribution in [0.5, 0.6) is 0 Å². The molecular weight excluding hydrogens is 242 g/mol. The Morgan fingerprint density at radius 2 is 2.05 bits per heavy atom. The summed E-state index contributed by atoms with van der Waals surface area (Å²) in [5, 5.41) is 5.93. The van der Waals surface area contributed by atoms with E-state index in [1.54, 1.807) is 19.1 Å². The van der Waals surface area contributed by atoms with Gasteiger partial charge in [0.15, 0.2) is 0 Å². The molecule has 19 heavy (non-hydrogen) atoms. The van der Waals surface area contributed by atoms with Crippen LogP contribution in [-0.4, -0.2) is 24.9 Å². The lowest BCUT2D eigenvalue weighted by molar-refractivity contribution is -0.133. The molecule has 1 aliphatic rings. The van der Waals surface area contributed by atoms with Crippen molar-refractivity contribution in [2.75, 3.05) is 13.1 Å². The van der Waals surface area contributed by atoms with Crippen molar-refractivity contribution in [1.82, 2.24) is 10.6 Å². The number of hydrogen-bond donors (Lipinski definition) is 3. The molecule has 1 aromatic carbocycles. The van der Waals surface area contributed by atoms with Gasteiger partial charge in [-0.3, -0.25) is 9.59 Å². The fourth-order valence-electron chi connectivity index (χ4n) is 2.27.